The summed E-state index contributed by atoms with van der Waals surface area (Å²) in [5.41, 5.74) is 4.26. The fourth-order valence-electron chi connectivity index (χ4n) is 2.72. The van der Waals surface area contributed by atoms with Gasteiger partial charge in [0.05, 0.1) is 12.0 Å². The number of benzene rings is 1. The minimum atomic E-state index is 0.660. The van der Waals surface area contributed by atoms with E-state index in [-0.39, 0.29) is 0 Å². The number of aromatic amines is 1. The van der Waals surface area contributed by atoms with Crippen molar-refractivity contribution in [2.24, 2.45) is 0 Å². The number of hydrogen-bond acceptors (Lipinski definition) is 1. The Hall–Kier alpha value is -1.57. The van der Waals surface area contributed by atoms with Crippen LogP contribution in [0.1, 0.15) is 35.6 Å². The number of fused-ring (bicyclic) bond motifs is 1. The lowest BCUT2D eigenvalue weighted by molar-refractivity contribution is 0.546. The maximum atomic E-state index is 4.33. The van der Waals surface area contributed by atoms with Crippen molar-refractivity contribution in [1.29, 1.82) is 0 Å². The van der Waals surface area contributed by atoms with E-state index in [4.69, 9.17) is 0 Å². The van der Waals surface area contributed by atoms with E-state index in [0.717, 1.165) is 6.42 Å². The Balaban J connectivity index is 1.87. The van der Waals surface area contributed by atoms with Gasteiger partial charge in [-0.2, -0.15) is 0 Å². The first-order chi connectivity index (χ1) is 7.93. The second kappa shape index (κ2) is 4.12. The van der Waals surface area contributed by atoms with Crippen LogP contribution in [0, 0.1) is 0 Å². The Morgan fingerprint density at radius 3 is 3.12 bits per heavy atom. The van der Waals surface area contributed by atoms with Crippen LogP contribution in [0.4, 0.5) is 0 Å². The van der Waals surface area contributed by atoms with Crippen LogP contribution in [0.25, 0.3) is 0 Å². The average molecular weight is 212 g/mol. The summed E-state index contributed by atoms with van der Waals surface area (Å²) in [6.45, 7) is 0. The highest BCUT2D eigenvalue weighted by molar-refractivity contribution is 5.33. The molecule has 3 rings (SSSR count). The van der Waals surface area contributed by atoms with Gasteiger partial charge in [-0.25, -0.2) is 4.98 Å². The molecule has 1 heterocycles. The predicted octanol–water partition coefficient (Wildman–Crippen LogP) is 3.07. The molecule has 1 aliphatic rings. The molecule has 0 aliphatic heterocycles. The van der Waals surface area contributed by atoms with Gasteiger partial charge in [0.1, 0.15) is 0 Å². The number of nitrogens with one attached hydrogen (secondary N) is 1. The van der Waals surface area contributed by atoms with Gasteiger partial charge in [0.2, 0.25) is 0 Å². The lowest BCUT2D eigenvalue weighted by atomic mass is 9.80. The summed E-state index contributed by atoms with van der Waals surface area (Å²) in [5, 5.41) is 0. The van der Waals surface area contributed by atoms with Gasteiger partial charge in [-0.1, -0.05) is 24.3 Å². The van der Waals surface area contributed by atoms with Crippen molar-refractivity contribution in [2.45, 2.75) is 31.6 Å². The minimum Gasteiger partial charge on any atom is -0.351 e. The molecule has 0 radical (unpaired) electrons. The highest BCUT2D eigenvalue weighted by atomic mass is 14.9. The smallest absolute Gasteiger partial charge is 0.0923 e. The predicted molar refractivity (Wildman–Crippen MR) is 64.4 cm³/mol. The Morgan fingerprint density at radius 2 is 2.25 bits per heavy atom. The maximum absolute atomic E-state index is 4.33. The number of H-pyrrole nitrogens is 1. The number of rotatable bonds is 2. The van der Waals surface area contributed by atoms with E-state index in [0.29, 0.717) is 5.92 Å². The van der Waals surface area contributed by atoms with Crippen LogP contribution in [-0.2, 0) is 12.8 Å². The van der Waals surface area contributed by atoms with Crippen molar-refractivity contribution in [2.75, 3.05) is 0 Å². The van der Waals surface area contributed by atoms with Gasteiger partial charge in [0.15, 0.2) is 0 Å². The monoisotopic (exact) mass is 212 g/mol. The first-order valence-electron chi connectivity index (χ1n) is 5.99. The van der Waals surface area contributed by atoms with Gasteiger partial charge in [-0.15, -0.1) is 0 Å². The molecule has 1 aliphatic carbocycles. The molecular weight excluding hydrogens is 196 g/mol. The Morgan fingerprint density at radius 1 is 1.31 bits per heavy atom. The molecule has 1 aromatic heterocycles. The minimum absolute atomic E-state index is 0.660. The third-order valence-corrected chi connectivity index (χ3v) is 3.50. The summed E-state index contributed by atoms with van der Waals surface area (Å²) >= 11 is 0. The zero-order valence-corrected chi connectivity index (χ0v) is 9.32. The topological polar surface area (TPSA) is 28.7 Å². The Kier molecular flexibility index (Phi) is 2.49. The average Bonchev–Trinajstić information content (AvgIpc) is 2.82. The van der Waals surface area contributed by atoms with Crippen LogP contribution >= 0.6 is 0 Å². The van der Waals surface area contributed by atoms with Gasteiger partial charge in [-0.3, -0.25) is 0 Å². The fraction of sp³-hybridized carbons (Fsp3) is 0.357. The van der Waals surface area contributed by atoms with E-state index in [1.165, 1.54) is 36.1 Å². The third kappa shape index (κ3) is 1.75. The summed E-state index contributed by atoms with van der Waals surface area (Å²) in [6.07, 6.45) is 8.70. The molecule has 16 heavy (non-hydrogen) atoms. The van der Waals surface area contributed by atoms with Crippen LogP contribution < -0.4 is 0 Å². The highest BCUT2D eigenvalue weighted by Gasteiger charge is 2.20. The quantitative estimate of drug-likeness (QED) is 0.814. The molecule has 1 N–H and O–H groups in total. The molecule has 0 fully saturated rings. The van der Waals surface area contributed by atoms with Crippen LogP contribution in [0.3, 0.4) is 0 Å². The van der Waals surface area contributed by atoms with Gasteiger partial charge in [-0.05, 0) is 42.7 Å². The van der Waals surface area contributed by atoms with Crippen LogP contribution in [0.15, 0.2) is 36.8 Å². The fourth-order valence-corrected chi connectivity index (χ4v) is 2.72. The summed E-state index contributed by atoms with van der Waals surface area (Å²) in [7, 11) is 0. The van der Waals surface area contributed by atoms with E-state index in [9.17, 15) is 0 Å². The lowest BCUT2D eigenvalue weighted by Crippen LogP contribution is -2.12. The van der Waals surface area contributed by atoms with Gasteiger partial charge < -0.3 is 4.98 Å². The van der Waals surface area contributed by atoms with E-state index >= 15 is 0 Å². The molecule has 2 nitrogen and oxygen atoms in total. The van der Waals surface area contributed by atoms with Crippen molar-refractivity contribution in [3.05, 3.63) is 53.6 Å². The van der Waals surface area contributed by atoms with Crippen molar-refractivity contribution in [1.82, 2.24) is 9.97 Å². The number of hydrogen-bond donors (Lipinski definition) is 1. The zero-order chi connectivity index (χ0) is 10.8. The number of aromatic nitrogens is 2. The van der Waals surface area contributed by atoms with Gasteiger partial charge in [0.25, 0.3) is 0 Å². The molecule has 0 spiro atoms. The molecular formula is C14H16N2. The molecule has 82 valence electrons. The molecule has 0 saturated carbocycles. The molecule has 0 amide bonds. The summed E-state index contributed by atoms with van der Waals surface area (Å²) in [5.74, 6) is 0.660. The normalized spacial score (nSPS) is 19.4. The zero-order valence-electron chi connectivity index (χ0n) is 9.32. The first kappa shape index (κ1) is 9.64. The highest BCUT2D eigenvalue weighted by Crippen LogP contribution is 2.33. The van der Waals surface area contributed by atoms with Crippen molar-refractivity contribution >= 4 is 0 Å². The Labute approximate surface area is 95.7 Å². The van der Waals surface area contributed by atoms with Crippen LogP contribution in [-0.4, -0.2) is 9.97 Å². The number of imidazole rings is 1. The molecule has 0 saturated heterocycles. The molecule has 1 atom stereocenters. The summed E-state index contributed by atoms with van der Waals surface area (Å²) < 4.78 is 0. The van der Waals surface area contributed by atoms with E-state index in [1.54, 1.807) is 6.33 Å². The van der Waals surface area contributed by atoms with Gasteiger partial charge >= 0.3 is 0 Å². The lowest BCUT2D eigenvalue weighted by Gasteiger charge is -2.24. The first-order valence-corrected chi connectivity index (χ1v) is 5.99. The third-order valence-electron chi connectivity index (χ3n) is 3.50. The van der Waals surface area contributed by atoms with E-state index in [2.05, 4.69) is 34.2 Å². The second-order valence-corrected chi connectivity index (χ2v) is 4.55. The molecule has 0 bridgehead atoms. The molecule has 2 heteroatoms. The summed E-state index contributed by atoms with van der Waals surface area (Å²) in [4.78, 5) is 7.36. The number of aryl methyl sites for hydroxylation is 1. The van der Waals surface area contributed by atoms with Crippen molar-refractivity contribution in [3.8, 4) is 0 Å². The molecule has 2 aromatic rings. The largest absolute Gasteiger partial charge is 0.351 e. The SMILES string of the molecule is c1ccc2c(c1)CCCC2Cc1c[nH]cn1. The van der Waals surface area contributed by atoms with E-state index in [1.807, 2.05) is 6.20 Å². The Bertz CT molecular complexity index is 459. The van der Waals surface area contributed by atoms with Crippen molar-refractivity contribution < 1.29 is 0 Å². The number of nitrogens with zero attached hydrogens (tertiary/aromatic N) is 1. The standard InChI is InChI=1S/C14H16N2/c1-2-7-14-11(4-1)5-3-6-12(14)8-13-9-15-10-16-13/h1-2,4,7,9-10,12H,3,5-6,8H2,(H,15,16). The van der Waals surface area contributed by atoms with Crippen LogP contribution in [0.2, 0.25) is 0 Å². The van der Waals surface area contributed by atoms with Crippen LogP contribution in [0.5, 0.6) is 0 Å². The summed E-state index contributed by atoms with van der Waals surface area (Å²) in [6, 6.07) is 8.86. The van der Waals surface area contributed by atoms with Crippen molar-refractivity contribution in [3.63, 3.8) is 0 Å². The maximum Gasteiger partial charge on any atom is 0.0923 e. The van der Waals surface area contributed by atoms with Gasteiger partial charge in [0, 0.05) is 6.20 Å². The molecule has 1 aromatic carbocycles. The second-order valence-electron chi connectivity index (χ2n) is 4.55. The molecule has 1 unspecified atom stereocenters. The van der Waals surface area contributed by atoms with E-state index < -0.39 is 0 Å².